The van der Waals surface area contributed by atoms with Crippen molar-refractivity contribution in [3.8, 4) is 0 Å². The Balaban J connectivity index is 2.47. The van der Waals surface area contributed by atoms with Crippen LogP contribution in [0.4, 0.5) is 9.18 Å². The Morgan fingerprint density at radius 1 is 1.82 bits per heavy atom. The lowest BCUT2D eigenvalue weighted by molar-refractivity contribution is -0.0532. The molecule has 0 N–H and O–H groups in total. The molecule has 0 radical (unpaired) electrons. The molecule has 1 aliphatic rings. The quantitative estimate of drug-likeness (QED) is 0.484. The predicted octanol–water partition coefficient (Wildman–Crippen LogP) is 0.381. The van der Waals surface area contributed by atoms with Gasteiger partial charge in [0, 0.05) is 0 Å². The van der Waals surface area contributed by atoms with Gasteiger partial charge in [-0.25, -0.2) is 9.18 Å². The van der Waals surface area contributed by atoms with Gasteiger partial charge >= 0.3 is 6.09 Å². The molecular formula is C6H10FNO3. The van der Waals surface area contributed by atoms with Crippen molar-refractivity contribution in [1.82, 2.24) is 4.90 Å². The highest BCUT2D eigenvalue weighted by Gasteiger charge is 2.27. The van der Waals surface area contributed by atoms with Crippen molar-refractivity contribution >= 4 is 6.09 Å². The number of hydrogen-bond acceptors (Lipinski definition) is 3. The molecule has 0 bridgehead atoms. The van der Waals surface area contributed by atoms with Crippen LogP contribution in [0.2, 0.25) is 0 Å². The minimum Gasteiger partial charge on any atom is -0.453 e. The second kappa shape index (κ2) is 3.52. The normalized spacial score (nSPS) is 24.9. The van der Waals surface area contributed by atoms with Gasteiger partial charge in [-0.15, -0.1) is 0 Å². The number of nitrogens with zero attached hydrogens (tertiary/aromatic N) is 1. The van der Waals surface area contributed by atoms with E-state index in [1.54, 1.807) is 0 Å². The minimum absolute atomic E-state index is 0.0604. The van der Waals surface area contributed by atoms with Gasteiger partial charge in [-0.1, -0.05) is 0 Å². The van der Waals surface area contributed by atoms with E-state index in [4.69, 9.17) is 4.74 Å². The van der Waals surface area contributed by atoms with Gasteiger partial charge in [0.2, 0.25) is 6.30 Å². The van der Waals surface area contributed by atoms with Crippen LogP contribution in [-0.2, 0) is 9.47 Å². The number of methoxy groups -OCH3 is 1. The Bertz CT molecular complexity index is 153. The fourth-order valence-corrected chi connectivity index (χ4v) is 0.896. The third-order valence-electron chi connectivity index (χ3n) is 1.48. The fraction of sp³-hybridized carbons (Fsp3) is 0.833. The van der Waals surface area contributed by atoms with Crippen molar-refractivity contribution in [2.75, 3.05) is 26.9 Å². The maximum Gasteiger partial charge on any atom is 0.411 e. The van der Waals surface area contributed by atoms with Crippen LogP contribution in [0.15, 0.2) is 0 Å². The number of hydrogen-bond donors (Lipinski definition) is 0. The summed E-state index contributed by atoms with van der Waals surface area (Å²) in [6.45, 7) is 0.568. The molecule has 0 aliphatic carbocycles. The monoisotopic (exact) mass is 163 g/mol. The van der Waals surface area contributed by atoms with Gasteiger partial charge in [-0.2, -0.15) is 0 Å². The topological polar surface area (TPSA) is 38.8 Å². The molecule has 5 heteroatoms. The number of halogens is 1. The second-order valence-electron chi connectivity index (χ2n) is 2.17. The summed E-state index contributed by atoms with van der Waals surface area (Å²) < 4.78 is 21.9. The molecule has 0 aromatic heterocycles. The maximum absolute atomic E-state index is 12.8. The molecule has 1 aliphatic heterocycles. The number of ether oxygens (including phenoxy) is 2. The average molecular weight is 163 g/mol. The van der Waals surface area contributed by atoms with Crippen molar-refractivity contribution in [2.45, 2.75) is 6.30 Å². The van der Waals surface area contributed by atoms with E-state index in [9.17, 15) is 9.18 Å². The first kappa shape index (κ1) is 8.26. The van der Waals surface area contributed by atoms with Crippen LogP contribution in [0.1, 0.15) is 0 Å². The van der Waals surface area contributed by atoms with Gasteiger partial charge < -0.3 is 9.47 Å². The van der Waals surface area contributed by atoms with Crippen molar-refractivity contribution in [2.24, 2.45) is 0 Å². The number of amides is 1. The first-order valence-electron chi connectivity index (χ1n) is 3.32. The molecule has 0 aromatic carbocycles. The van der Waals surface area contributed by atoms with E-state index < -0.39 is 12.4 Å². The van der Waals surface area contributed by atoms with Crippen molar-refractivity contribution in [3.63, 3.8) is 0 Å². The van der Waals surface area contributed by atoms with Gasteiger partial charge in [0.05, 0.1) is 26.9 Å². The molecule has 1 heterocycles. The summed E-state index contributed by atoms with van der Waals surface area (Å²) in [5, 5.41) is 0. The van der Waals surface area contributed by atoms with Gasteiger partial charge in [0.1, 0.15) is 0 Å². The Labute approximate surface area is 63.9 Å². The Morgan fingerprint density at radius 2 is 2.55 bits per heavy atom. The van der Waals surface area contributed by atoms with Crippen molar-refractivity contribution < 1.29 is 18.7 Å². The summed E-state index contributed by atoms with van der Waals surface area (Å²) >= 11 is 0. The highest BCUT2D eigenvalue weighted by Crippen LogP contribution is 2.08. The lowest BCUT2D eigenvalue weighted by Gasteiger charge is -2.28. The molecule has 0 spiro atoms. The molecule has 0 aromatic rings. The molecular weight excluding hydrogens is 153 g/mol. The second-order valence-corrected chi connectivity index (χ2v) is 2.17. The molecule has 1 rings (SSSR count). The molecule has 64 valence electrons. The van der Waals surface area contributed by atoms with Gasteiger partial charge in [-0.05, 0) is 0 Å². The third kappa shape index (κ3) is 1.80. The number of alkyl halides is 1. The zero-order chi connectivity index (χ0) is 8.27. The molecule has 0 saturated carbocycles. The molecule has 1 fully saturated rings. The number of morpholine rings is 1. The van der Waals surface area contributed by atoms with Crippen LogP contribution in [0.25, 0.3) is 0 Å². The summed E-state index contributed by atoms with van der Waals surface area (Å²) in [7, 11) is 1.23. The lowest BCUT2D eigenvalue weighted by atomic mass is 10.4. The number of carbonyl (C=O) groups is 1. The number of carbonyl (C=O) groups excluding carboxylic acids is 1. The van der Waals surface area contributed by atoms with E-state index in [1.165, 1.54) is 7.11 Å². The van der Waals surface area contributed by atoms with Gasteiger partial charge in [-0.3, -0.25) is 4.90 Å². The van der Waals surface area contributed by atoms with Gasteiger partial charge in [0.15, 0.2) is 0 Å². The SMILES string of the molecule is COC(=O)N1CCOCC1F. The third-order valence-corrected chi connectivity index (χ3v) is 1.48. The molecule has 11 heavy (non-hydrogen) atoms. The molecule has 1 saturated heterocycles. The van der Waals surface area contributed by atoms with Crippen LogP contribution >= 0.6 is 0 Å². The summed E-state index contributed by atoms with van der Waals surface area (Å²) in [6, 6.07) is 0. The summed E-state index contributed by atoms with van der Waals surface area (Å²) in [5.41, 5.74) is 0. The zero-order valence-electron chi connectivity index (χ0n) is 6.25. The first-order chi connectivity index (χ1) is 5.25. The van der Waals surface area contributed by atoms with Crippen molar-refractivity contribution in [3.05, 3.63) is 0 Å². The lowest BCUT2D eigenvalue weighted by Crippen LogP contribution is -2.46. The van der Waals surface area contributed by atoms with E-state index >= 15 is 0 Å². The molecule has 4 nitrogen and oxygen atoms in total. The van der Waals surface area contributed by atoms with Gasteiger partial charge in [0.25, 0.3) is 0 Å². The highest BCUT2D eigenvalue weighted by atomic mass is 19.1. The Morgan fingerprint density at radius 3 is 3.09 bits per heavy atom. The predicted molar refractivity (Wildman–Crippen MR) is 34.8 cm³/mol. The summed E-state index contributed by atoms with van der Waals surface area (Å²) in [6.07, 6.45) is -2.00. The van der Waals surface area contributed by atoms with E-state index in [-0.39, 0.29) is 13.2 Å². The largest absolute Gasteiger partial charge is 0.453 e. The molecule has 1 amide bonds. The van der Waals surface area contributed by atoms with Crippen LogP contribution in [0.5, 0.6) is 0 Å². The van der Waals surface area contributed by atoms with Crippen LogP contribution in [-0.4, -0.2) is 44.2 Å². The smallest absolute Gasteiger partial charge is 0.411 e. The Kier molecular flexibility index (Phi) is 2.64. The highest BCUT2D eigenvalue weighted by molar-refractivity contribution is 5.67. The summed E-state index contributed by atoms with van der Waals surface area (Å²) in [5.74, 6) is 0. The van der Waals surface area contributed by atoms with Crippen LogP contribution < -0.4 is 0 Å². The Hall–Kier alpha value is -0.840. The molecule has 1 unspecified atom stereocenters. The molecule has 1 atom stereocenters. The van der Waals surface area contributed by atoms with Crippen LogP contribution in [0.3, 0.4) is 0 Å². The standard InChI is InChI=1S/C6H10FNO3/c1-10-6(9)8-2-3-11-4-5(8)7/h5H,2-4H2,1H3. The first-order valence-corrected chi connectivity index (χ1v) is 3.32. The van der Waals surface area contributed by atoms with E-state index in [1.807, 2.05) is 0 Å². The average Bonchev–Trinajstić information content (AvgIpc) is 2.04. The zero-order valence-corrected chi connectivity index (χ0v) is 6.25. The fourth-order valence-electron chi connectivity index (χ4n) is 0.896. The summed E-state index contributed by atoms with van der Waals surface area (Å²) in [4.78, 5) is 11.8. The van der Waals surface area contributed by atoms with Crippen LogP contribution in [0, 0.1) is 0 Å². The van der Waals surface area contributed by atoms with E-state index in [2.05, 4.69) is 4.74 Å². The van der Waals surface area contributed by atoms with E-state index in [0.717, 1.165) is 4.90 Å². The minimum atomic E-state index is -1.36. The van der Waals surface area contributed by atoms with E-state index in [0.29, 0.717) is 6.61 Å². The van der Waals surface area contributed by atoms with Crippen molar-refractivity contribution in [1.29, 1.82) is 0 Å². The maximum atomic E-state index is 12.8. The number of rotatable bonds is 0.